The fourth-order valence-corrected chi connectivity index (χ4v) is 4.58. The average Bonchev–Trinajstić information content (AvgIpc) is 3.28. The minimum absolute atomic E-state index is 0. The van der Waals surface area contributed by atoms with Gasteiger partial charge in [0.15, 0.2) is 15.8 Å². The molecule has 0 radical (unpaired) electrons. The van der Waals surface area contributed by atoms with Gasteiger partial charge in [-0.05, 0) is 25.8 Å². The minimum atomic E-state index is -3.03. The van der Waals surface area contributed by atoms with Crippen LogP contribution in [-0.2, 0) is 9.84 Å². The van der Waals surface area contributed by atoms with Crippen molar-refractivity contribution in [3.05, 3.63) is 35.9 Å². The maximum absolute atomic E-state index is 12.1. The molecular weight excluding hydrogens is 437 g/mol. The van der Waals surface area contributed by atoms with Crippen LogP contribution in [0, 0.1) is 0 Å². The van der Waals surface area contributed by atoms with Crippen molar-refractivity contribution in [3.8, 4) is 0 Å². The first-order chi connectivity index (χ1) is 10.8. The van der Waals surface area contributed by atoms with Crippen LogP contribution in [0.1, 0.15) is 31.7 Å². The summed E-state index contributed by atoms with van der Waals surface area (Å²) in [6.07, 6.45) is 1.10. The van der Waals surface area contributed by atoms with Crippen LogP contribution >= 0.6 is 24.0 Å². The summed E-state index contributed by atoms with van der Waals surface area (Å²) in [5.74, 6) is 1.53. The highest BCUT2D eigenvalue weighted by atomic mass is 127. The standard InChI is InChI=1S/C17H25N3O2S.HI/c1-17(2)12-20(9-10-23(17,21)22)16(18-3)19-15-11-14(15)13-7-5-4-6-8-13;/h4-8,14-15H,9-12H2,1-3H3,(H,18,19);1H. The summed E-state index contributed by atoms with van der Waals surface area (Å²) in [6.45, 7) is 4.59. The number of nitrogens with zero attached hydrogens (tertiary/aromatic N) is 2. The van der Waals surface area contributed by atoms with Crippen molar-refractivity contribution < 1.29 is 8.42 Å². The number of hydrogen-bond donors (Lipinski definition) is 1. The Labute approximate surface area is 161 Å². The van der Waals surface area contributed by atoms with Gasteiger partial charge in [0.25, 0.3) is 0 Å². The first kappa shape index (κ1) is 19.5. The van der Waals surface area contributed by atoms with Gasteiger partial charge < -0.3 is 10.2 Å². The molecular formula is C17H26IN3O2S. The number of nitrogens with one attached hydrogen (secondary N) is 1. The molecule has 1 aromatic rings. The monoisotopic (exact) mass is 463 g/mol. The van der Waals surface area contributed by atoms with Gasteiger partial charge in [0.2, 0.25) is 0 Å². The van der Waals surface area contributed by atoms with Crippen molar-refractivity contribution in [1.82, 2.24) is 10.2 Å². The normalized spacial score (nSPS) is 28.0. The molecule has 0 aromatic heterocycles. The summed E-state index contributed by atoms with van der Waals surface area (Å²) in [4.78, 5) is 6.44. The van der Waals surface area contributed by atoms with Crippen molar-refractivity contribution in [2.24, 2.45) is 4.99 Å². The number of hydrogen-bond acceptors (Lipinski definition) is 3. The van der Waals surface area contributed by atoms with Crippen molar-refractivity contribution in [2.75, 3.05) is 25.9 Å². The molecule has 1 heterocycles. The zero-order valence-electron chi connectivity index (χ0n) is 14.4. The van der Waals surface area contributed by atoms with E-state index in [1.165, 1.54) is 5.56 Å². The van der Waals surface area contributed by atoms with E-state index in [9.17, 15) is 8.42 Å². The van der Waals surface area contributed by atoms with E-state index in [4.69, 9.17) is 0 Å². The van der Waals surface area contributed by atoms with Gasteiger partial charge in [0.05, 0.1) is 10.5 Å². The third-order valence-corrected chi connectivity index (χ3v) is 7.42. The Morgan fingerprint density at radius 3 is 2.54 bits per heavy atom. The first-order valence-corrected chi connectivity index (χ1v) is 9.75. The highest BCUT2D eigenvalue weighted by molar-refractivity contribution is 14.0. The molecule has 1 N–H and O–H groups in total. The van der Waals surface area contributed by atoms with E-state index in [2.05, 4.69) is 39.5 Å². The molecule has 1 aliphatic heterocycles. The summed E-state index contributed by atoms with van der Waals surface area (Å²) in [7, 11) is -1.26. The second kappa shape index (κ2) is 7.19. The highest BCUT2D eigenvalue weighted by Crippen LogP contribution is 2.40. The van der Waals surface area contributed by atoms with Gasteiger partial charge in [-0.2, -0.15) is 0 Å². The van der Waals surface area contributed by atoms with Gasteiger partial charge in [-0.15, -0.1) is 24.0 Å². The number of guanidine groups is 1. The van der Waals surface area contributed by atoms with E-state index in [0.717, 1.165) is 12.4 Å². The number of halogens is 1. The molecule has 2 unspecified atom stereocenters. The lowest BCUT2D eigenvalue weighted by Crippen LogP contribution is -2.57. The van der Waals surface area contributed by atoms with Crippen LogP contribution in [-0.4, -0.2) is 56.0 Å². The number of rotatable bonds is 2. The number of sulfone groups is 1. The Kier molecular flexibility index (Phi) is 5.84. The lowest BCUT2D eigenvalue weighted by atomic mass is 10.1. The smallest absolute Gasteiger partial charge is 0.193 e. The predicted molar refractivity (Wildman–Crippen MR) is 109 cm³/mol. The van der Waals surface area contributed by atoms with Crippen molar-refractivity contribution in [2.45, 2.75) is 37.0 Å². The van der Waals surface area contributed by atoms with Crippen LogP contribution in [0.3, 0.4) is 0 Å². The molecule has 2 fully saturated rings. The third-order valence-electron chi connectivity index (χ3n) is 4.89. The molecule has 3 rings (SSSR count). The van der Waals surface area contributed by atoms with E-state index in [0.29, 0.717) is 25.0 Å². The maximum Gasteiger partial charge on any atom is 0.193 e. The quantitative estimate of drug-likeness (QED) is 0.415. The predicted octanol–water partition coefficient (Wildman–Crippen LogP) is 2.24. The molecule has 0 bridgehead atoms. The lowest BCUT2D eigenvalue weighted by molar-refractivity contribution is 0.353. The van der Waals surface area contributed by atoms with Gasteiger partial charge >= 0.3 is 0 Å². The summed E-state index contributed by atoms with van der Waals surface area (Å²) in [5, 5.41) is 3.51. The molecule has 0 amide bonds. The molecule has 134 valence electrons. The molecule has 24 heavy (non-hydrogen) atoms. The van der Waals surface area contributed by atoms with Crippen LogP contribution < -0.4 is 5.32 Å². The Morgan fingerprint density at radius 2 is 1.96 bits per heavy atom. The van der Waals surface area contributed by atoms with E-state index in [1.54, 1.807) is 20.9 Å². The average molecular weight is 463 g/mol. The molecule has 2 aliphatic rings. The van der Waals surface area contributed by atoms with Gasteiger partial charge in [0, 0.05) is 32.1 Å². The molecule has 0 spiro atoms. The molecule has 7 heteroatoms. The van der Waals surface area contributed by atoms with Gasteiger partial charge in [0.1, 0.15) is 0 Å². The third kappa shape index (κ3) is 3.87. The largest absolute Gasteiger partial charge is 0.353 e. The van der Waals surface area contributed by atoms with Gasteiger partial charge in [-0.25, -0.2) is 8.42 Å². The summed E-state index contributed by atoms with van der Waals surface area (Å²) >= 11 is 0. The molecule has 5 nitrogen and oxygen atoms in total. The van der Waals surface area contributed by atoms with Crippen molar-refractivity contribution in [1.29, 1.82) is 0 Å². The Morgan fingerprint density at radius 1 is 1.29 bits per heavy atom. The van der Waals surface area contributed by atoms with Crippen molar-refractivity contribution in [3.63, 3.8) is 0 Å². The SMILES string of the molecule is CN=C(NC1CC1c1ccccc1)N1CCS(=O)(=O)C(C)(C)C1.I. The molecule has 1 saturated heterocycles. The number of benzene rings is 1. The van der Waals surface area contributed by atoms with Crippen molar-refractivity contribution >= 4 is 39.8 Å². The second-order valence-corrected chi connectivity index (χ2v) is 9.79. The minimum Gasteiger partial charge on any atom is -0.353 e. The Balaban J connectivity index is 0.00000208. The van der Waals surface area contributed by atoms with Crippen LogP contribution in [0.4, 0.5) is 0 Å². The molecule has 2 atom stereocenters. The fourth-order valence-electron chi connectivity index (χ4n) is 3.21. The summed E-state index contributed by atoms with van der Waals surface area (Å²) in [5.41, 5.74) is 1.35. The van der Waals surface area contributed by atoms with E-state index in [1.807, 2.05) is 6.07 Å². The second-order valence-electron chi connectivity index (χ2n) is 7.05. The summed E-state index contributed by atoms with van der Waals surface area (Å²) in [6, 6.07) is 10.9. The number of aliphatic imine (C=N–C) groups is 1. The van der Waals surface area contributed by atoms with Gasteiger partial charge in [-0.1, -0.05) is 30.3 Å². The Hall–Kier alpha value is -0.830. The lowest BCUT2D eigenvalue weighted by Gasteiger charge is -2.39. The van der Waals surface area contributed by atoms with E-state index >= 15 is 0 Å². The zero-order valence-corrected chi connectivity index (χ0v) is 17.5. The molecule has 1 aromatic carbocycles. The zero-order chi connectivity index (χ0) is 16.7. The molecule has 1 aliphatic carbocycles. The van der Waals surface area contributed by atoms with Crippen LogP contribution in [0.5, 0.6) is 0 Å². The fraction of sp³-hybridized carbons (Fsp3) is 0.588. The highest BCUT2D eigenvalue weighted by Gasteiger charge is 2.43. The Bertz CT molecular complexity index is 704. The van der Waals surface area contributed by atoms with E-state index < -0.39 is 14.6 Å². The van der Waals surface area contributed by atoms with Gasteiger partial charge in [-0.3, -0.25) is 4.99 Å². The first-order valence-electron chi connectivity index (χ1n) is 8.09. The topological polar surface area (TPSA) is 61.8 Å². The van der Waals surface area contributed by atoms with Crippen LogP contribution in [0.15, 0.2) is 35.3 Å². The van der Waals surface area contributed by atoms with E-state index in [-0.39, 0.29) is 29.7 Å². The maximum atomic E-state index is 12.1. The summed E-state index contributed by atoms with van der Waals surface area (Å²) < 4.78 is 23.6. The van der Waals surface area contributed by atoms with Crippen LogP contribution in [0.2, 0.25) is 0 Å². The molecule has 1 saturated carbocycles. The van der Waals surface area contributed by atoms with Crippen LogP contribution in [0.25, 0.3) is 0 Å².